The number of nitrogens with zero attached hydrogens (tertiary/aromatic N) is 2. The van der Waals surface area contributed by atoms with Crippen molar-refractivity contribution in [2.75, 3.05) is 30.7 Å². The Labute approximate surface area is 178 Å². The van der Waals surface area contributed by atoms with Gasteiger partial charge in [-0.3, -0.25) is 9.10 Å². The van der Waals surface area contributed by atoms with E-state index in [9.17, 15) is 13.2 Å². The van der Waals surface area contributed by atoms with E-state index in [-0.39, 0.29) is 16.2 Å². The molecule has 156 valence electrons. The summed E-state index contributed by atoms with van der Waals surface area (Å²) in [4.78, 5) is 16.0. The van der Waals surface area contributed by atoms with E-state index < -0.39 is 10.0 Å². The van der Waals surface area contributed by atoms with Gasteiger partial charge < -0.3 is 4.90 Å². The lowest BCUT2D eigenvalue weighted by atomic mass is 9.84. The number of amides is 1. The molecular formula is C22H28N2O3S2. The number of hydrogen-bond donors (Lipinski definition) is 0. The molecule has 3 rings (SSSR count). The van der Waals surface area contributed by atoms with Crippen LogP contribution >= 0.6 is 11.8 Å². The average Bonchev–Trinajstić information content (AvgIpc) is 2.72. The minimum atomic E-state index is -3.66. The van der Waals surface area contributed by atoms with Gasteiger partial charge in [-0.1, -0.05) is 13.8 Å². The highest BCUT2D eigenvalue weighted by molar-refractivity contribution is 7.98. The summed E-state index contributed by atoms with van der Waals surface area (Å²) in [6.07, 6.45) is 4.08. The van der Waals surface area contributed by atoms with Crippen LogP contribution in [-0.2, 0) is 10.0 Å². The van der Waals surface area contributed by atoms with Crippen LogP contribution in [0.4, 0.5) is 5.69 Å². The van der Waals surface area contributed by atoms with Crippen molar-refractivity contribution in [3.63, 3.8) is 0 Å². The lowest BCUT2D eigenvalue weighted by Crippen LogP contribution is -2.43. The zero-order valence-electron chi connectivity index (χ0n) is 17.4. The van der Waals surface area contributed by atoms with Crippen molar-refractivity contribution in [2.24, 2.45) is 5.41 Å². The van der Waals surface area contributed by atoms with Gasteiger partial charge in [0.15, 0.2) is 0 Å². The second kappa shape index (κ2) is 8.40. The highest BCUT2D eigenvalue weighted by atomic mass is 32.2. The van der Waals surface area contributed by atoms with Crippen molar-refractivity contribution in [2.45, 2.75) is 36.5 Å². The smallest absolute Gasteiger partial charge is 0.264 e. The average molecular weight is 433 g/mol. The minimum absolute atomic E-state index is 0.00231. The molecule has 5 nitrogen and oxygen atoms in total. The number of anilines is 1. The van der Waals surface area contributed by atoms with Crippen LogP contribution in [0.15, 0.2) is 58.3 Å². The summed E-state index contributed by atoms with van der Waals surface area (Å²) in [7, 11) is -2.13. The summed E-state index contributed by atoms with van der Waals surface area (Å²) in [6.45, 7) is 5.88. The first-order valence-corrected chi connectivity index (χ1v) is 12.3. The molecule has 0 spiro atoms. The number of carbonyl (C=O) groups is 1. The molecule has 0 unspecified atom stereocenters. The fourth-order valence-electron chi connectivity index (χ4n) is 3.64. The van der Waals surface area contributed by atoms with Crippen molar-refractivity contribution in [1.29, 1.82) is 0 Å². The molecule has 1 aliphatic rings. The van der Waals surface area contributed by atoms with Crippen LogP contribution < -0.4 is 4.31 Å². The van der Waals surface area contributed by atoms with Crippen LogP contribution in [0.5, 0.6) is 0 Å². The molecule has 0 bridgehead atoms. The molecule has 0 atom stereocenters. The van der Waals surface area contributed by atoms with Gasteiger partial charge in [-0.2, -0.15) is 0 Å². The molecule has 29 heavy (non-hydrogen) atoms. The van der Waals surface area contributed by atoms with Gasteiger partial charge in [-0.15, -0.1) is 11.8 Å². The zero-order chi connectivity index (χ0) is 21.2. The van der Waals surface area contributed by atoms with E-state index in [1.807, 2.05) is 11.2 Å². The quantitative estimate of drug-likeness (QED) is 0.653. The first kappa shape index (κ1) is 21.7. The Kier molecular flexibility index (Phi) is 6.29. The molecule has 0 saturated carbocycles. The third-order valence-electron chi connectivity index (χ3n) is 5.38. The molecule has 1 saturated heterocycles. The Hall–Kier alpha value is -1.99. The van der Waals surface area contributed by atoms with Crippen LogP contribution in [0, 0.1) is 5.41 Å². The lowest BCUT2D eigenvalue weighted by molar-refractivity contribution is 0.0583. The molecule has 2 aromatic carbocycles. The molecular weight excluding hydrogens is 404 g/mol. The first-order valence-electron chi connectivity index (χ1n) is 9.66. The van der Waals surface area contributed by atoms with E-state index in [0.717, 1.165) is 30.8 Å². The Morgan fingerprint density at radius 1 is 1.07 bits per heavy atom. The largest absolute Gasteiger partial charge is 0.338 e. The van der Waals surface area contributed by atoms with Crippen molar-refractivity contribution in [3.05, 3.63) is 54.1 Å². The molecule has 0 aliphatic carbocycles. The van der Waals surface area contributed by atoms with Gasteiger partial charge in [0.25, 0.3) is 15.9 Å². The molecule has 1 amide bonds. The van der Waals surface area contributed by atoms with Gasteiger partial charge >= 0.3 is 0 Å². The Balaban J connectivity index is 1.77. The summed E-state index contributed by atoms with van der Waals surface area (Å²) in [5.41, 5.74) is 1.24. The maximum Gasteiger partial charge on any atom is 0.264 e. The topological polar surface area (TPSA) is 57.7 Å². The maximum absolute atomic E-state index is 12.9. The van der Waals surface area contributed by atoms with Crippen LogP contribution in [0.25, 0.3) is 0 Å². The molecule has 0 aromatic heterocycles. The van der Waals surface area contributed by atoms with E-state index in [2.05, 4.69) is 13.8 Å². The number of hydrogen-bond acceptors (Lipinski definition) is 4. The minimum Gasteiger partial charge on any atom is -0.338 e. The van der Waals surface area contributed by atoms with E-state index in [0.29, 0.717) is 11.3 Å². The van der Waals surface area contributed by atoms with E-state index in [1.54, 1.807) is 60.3 Å². The molecule has 0 radical (unpaired) electrons. The number of sulfonamides is 1. The van der Waals surface area contributed by atoms with Crippen molar-refractivity contribution in [1.82, 2.24) is 4.90 Å². The van der Waals surface area contributed by atoms with Crippen LogP contribution in [-0.4, -0.2) is 45.6 Å². The molecule has 1 fully saturated rings. The number of benzene rings is 2. The maximum atomic E-state index is 12.9. The first-order chi connectivity index (χ1) is 13.6. The Morgan fingerprint density at radius 3 is 2.24 bits per heavy atom. The number of likely N-dealkylation sites (tertiary alicyclic amines) is 1. The fourth-order valence-corrected chi connectivity index (χ4v) is 5.24. The third kappa shape index (κ3) is 4.78. The summed E-state index contributed by atoms with van der Waals surface area (Å²) in [6, 6.07) is 13.6. The third-order valence-corrected chi connectivity index (χ3v) is 7.93. The number of rotatable bonds is 5. The number of piperidine rings is 1. The predicted octanol–water partition coefficient (Wildman–Crippen LogP) is 4.50. The fraction of sp³-hybridized carbons (Fsp3) is 0.409. The monoisotopic (exact) mass is 432 g/mol. The van der Waals surface area contributed by atoms with Crippen molar-refractivity contribution < 1.29 is 13.2 Å². The van der Waals surface area contributed by atoms with Crippen LogP contribution in [0.1, 0.15) is 37.0 Å². The molecule has 7 heteroatoms. The van der Waals surface area contributed by atoms with E-state index in [1.165, 1.54) is 11.4 Å². The normalized spacial score (nSPS) is 16.5. The van der Waals surface area contributed by atoms with Gasteiger partial charge in [0.05, 0.1) is 10.6 Å². The Morgan fingerprint density at radius 2 is 1.69 bits per heavy atom. The molecule has 0 N–H and O–H groups in total. The number of thioether (sulfide) groups is 1. The van der Waals surface area contributed by atoms with Gasteiger partial charge in [0.1, 0.15) is 0 Å². The van der Waals surface area contributed by atoms with E-state index >= 15 is 0 Å². The van der Waals surface area contributed by atoms with Gasteiger partial charge in [-0.25, -0.2) is 8.42 Å². The highest BCUT2D eigenvalue weighted by Gasteiger charge is 2.29. The van der Waals surface area contributed by atoms with Crippen LogP contribution in [0.3, 0.4) is 0 Å². The summed E-state index contributed by atoms with van der Waals surface area (Å²) in [5, 5.41) is 0. The van der Waals surface area contributed by atoms with Crippen molar-refractivity contribution >= 4 is 33.4 Å². The van der Waals surface area contributed by atoms with Gasteiger partial charge in [0, 0.05) is 30.6 Å². The standard InChI is InChI=1S/C22H28N2O3S2/c1-22(2)14-5-15-24(16-22)21(25)17-6-8-18(9-7-17)23(3)29(26,27)20-12-10-19(28-4)11-13-20/h6-13H,5,14-16H2,1-4H3. The van der Waals surface area contributed by atoms with Crippen LogP contribution in [0.2, 0.25) is 0 Å². The zero-order valence-corrected chi connectivity index (χ0v) is 19.0. The second-order valence-electron chi connectivity index (χ2n) is 8.19. The lowest BCUT2D eigenvalue weighted by Gasteiger charge is -2.38. The summed E-state index contributed by atoms with van der Waals surface area (Å²) >= 11 is 1.56. The molecule has 1 aliphatic heterocycles. The highest BCUT2D eigenvalue weighted by Crippen LogP contribution is 2.30. The molecule has 1 heterocycles. The predicted molar refractivity (Wildman–Crippen MR) is 119 cm³/mol. The van der Waals surface area contributed by atoms with Crippen molar-refractivity contribution in [3.8, 4) is 0 Å². The van der Waals surface area contributed by atoms with E-state index in [4.69, 9.17) is 0 Å². The second-order valence-corrected chi connectivity index (χ2v) is 11.0. The summed E-state index contributed by atoms with van der Waals surface area (Å²) < 4.78 is 27.1. The molecule has 2 aromatic rings. The van der Waals surface area contributed by atoms with Gasteiger partial charge in [-0.05, 0) is 73.0 Å². The number of carbonyl (C=O) groups excluding carboxylic acids is 1. The summed E-state index contributed by atoms with van der Waals surface area (Å²) in [5.74, 6) is 0.00231. The van der Waals surface area contributed by atoms with Gasteiger partial charge in [0.2, 0.25) is 0 Å². The SMILES string of the molecule is CSc1ccc(S(=O)(=O)N(C)c2ccc(C(=O)N3CCCC(C)(C)C3)cc2)cc1. The Bertz CT molecular complexity index is 968.